The van der Waals surface area contributed by atoms with Gasteiger partial charge in [-0.05, 0) is 58.8 Å². The van der Waals surface area contributed by atoms with Gasteiger partial charge in [0.15, 0.2) is 5.82 Å². The summed E-state index contributed by atoms with van der Waals surface area (Å²) in [5, 5.41) is 20.8. The van der Waals surface area contributed by atoms with Crippen molar-refractivity contribution in [1.82, 2.24) is 20.2 Å². The lowest BCUT2D eigenvalue weighted by Gasteiger charge is -2.19. The van der Waals surface area contributed by atoms with Gasteiger partial charge in [0.05, 0.1) is 12.0 Å². The summed E-state index contributed by atoms with van der Waals surface area (Å²) in [6, 6.07) is 5.78. The Kier molecular flexibility index (Phi) is 3.89. The molecule has 1 N–H and O–H groups in total. The average Bonchev–Trinajstić information content (AvgIpc) is 2.80. The average molecular weight is 339 g/mol. The molecule has 0 unspecified atom stereocenters. The molecule has 0 radical (unpaired) electrons. The summed E-state index contributed by atoms with van der Waals surface area (Å²) in [6.45, 7) is 5.46. The second kappa shape index (κ2) is 5.32. The summed E-state index contributed by atoms with van der Waals surface area (Å²) in [7, 11) is 0. The normalized spacial score (nSPS) is 11.6. The Balaban J connectivity index is 2.44. The SMILES string of the molecule is Cc1cccc(-c2nnnn2CC(C)(C)C(=O)O)c1Br. The van der Waals surface area contributed by atoms with E-state index in [2.05, 4.69) is 31.5 Å². The number of hydrogen-bond donors (Lipinski definition) is 1. The van der Waals surface area contributed by atoms with Gasteiger partial charge in [-0.3, -0.25) is 4.79 Å². The molecule has 0 saturated heterocycles. The molecule has 1 aromatic carbocycles. The molecule has 20 heavy (non-hydrogen) atoms. The van der Waals surface area contributed by atoms with Gasteiger partial charge in [-0.1, -0.05) is 12.1 Å². The standard InChI is InChI=1S/C13H15BrN4O2/c1-8-5-4-6-9(10(8)14)11-15-16-17-18(11)7-13(2,3)12(19)20/h4-6H,7H2,1-3H3,(H,19,20). The molecule has 0 saturated carbocycles. The van der Waals surface area contributed by atoms with Crippen LogP contribution in [0.5, 0.6) is 0 Å². The first kappa shape index (κ1) is 14.6. The number of halogens is 1. The lowest BCUT2D eigenvalue weighted by molar-refractivity contribution is -0.147. The fourth-order valence-electron chi connectivity index (χ4n) is 1.77. The summed E-state index contributed by atoms with van der Waals surface area (Å²) in [4.78, 5) is 11.2. The predicted molar refractivity (Wildman–Crippen MR) is 77.1 cm³/mol. The zero-order valence-electron chi connectivity index (χ0n) is 11.5. The van der Waals surface area contributed by atoms with E-state index < -0.39 is 11.4 Å². The van der Waals surface area contributed by atoms with Gasteiger partial charge < -0.3 is 5.11 Å². The van der Waals surface area contributed by atoms with Gasteiger partial charge in [0.25, 0.3) is 0 Å². The molecule has 1 aromatic heterocycles. The molecule has 0 atom stereocenters. The van der Waals surface area contributed by atoms with Crippen LogP contribution in [0.4, 0.5) is 0 Å². The van der Waals surface area contributed by atoms with Crippen LogP contribution in [0, 0.1) is 12.3 Å². The van der Waals surface area contributed by atoms with Crippen molar-refractivity contribution in [1.29, 1.82) is 0 Å². The highest BCUT2D eigenvalue weighted by molar-refractivity contribution is 9.10. The maximum absolute atomic E-state index is 11.2. The third-order valence-electron chi connectivity index (χ3n) is 3.09. The molecule has 1 heterocycles. The van der Waals surface area contributed by atoms with Crippen molar-refractivity contribution in [3.8, 4) is 11.4 Å². The number of aromatic nitrogens is 4. The Bertz CT molecular complexity index is 652. The maximum atomic E-state index is 11.2. The van der Waals surface area contributed by atoms with Crippen LogP contribution in [-0.2, 0) is 11.3 Å². The van der Waals surface area contributed by atoms with E-state index in [1.807, 2.05) is 25.1 Å². The fraction of sp³-hybridized carbons (Fsp3) is 0.385. The van der Waals surface area contributed by atoms with E-state index in [9.17, 15) is 9.90 Å². The van der Waals surface area contributed by atoms with Crippen LogP contribution < -0.4 is 0 Å². The molecule has 0 amide bonds. The summed E-state index contributed by atoms with van der Waals surface area (Å²) in [6.07, 6.45) is 0. The zero-order chi connectivity index (χ0) is 14.9. The molecule has 0 aliphatic rings. The first-order valence-corrected chi connectivity index (χ1v) is 6.87. The van der Waals surface area contributed by atoms with E-state index >= 15 is 0 Å². The topological polar surface area (TPSA) is 80.9 Å². The van der Waals surface area contributed by atoms with Crippen LogP contribution in [0.25, 0.3) is 11.4 Å². The van der Waals surface area contributed by atoms with Gasteiger partial charge in [-0.15, -0.1) is 5.10 Å². The van der Waals surface area contributed by atoms with Gasteiger partial charge in [0.2, 0.25) is 0 Å². The third kappa shape index (κ3) is 2.72. The lowest BCUT2D eigenvalue weighted by atomic mass is 9.94. The molecular weight excluding hydrogens is 324 g/mol. The lowest BCUT2D eigenvalue weighted by Crippen LogP contribution is -2.30. The molecule has 7 heteroatoms. The van der Waals surface area contributed by atoms with Crippen molar-refractivity contribution in [2.45, 2.75) is 27.3 Å². The molecular formula is C13H15BrN4O2. The van der Waals surface area contributed by atoms with Crippen molar-refractivity contribution in [3.63, 3.8) is 0 Å². The zero-order valence-corrected chi connectivity index (χ0v) is 13.0. The molecule has 106 valence electrons. The minimum absolute atomic E-state index is 0.199. The Morgan fingerprint density at radius 3 is 2.80 bits per heavy atom. The van der Waals surface area contributed by atoms with Crippen LogP contribution in [0.1, 0.15) is 19.4 Å². The van der Waals surface area contributed by atoms with E-state index in [1.165, 1.54) is 4.68 Å². The van der Waals surface area contributed by atoms with Crippen molar-refractivity contribution in [2.24, 2.45) is 5.41 Å². The quantitative estimate of drug-likeness (QED) is 0.926. The Morgan fingerprint density at radius 2 is 2.15 bits per heavy atom. The largest absolute Gasteiger partial charge is 0.481 e. The van der Waals surface area contributed by atoms with Crippen LogP contribution in [0.2, 0.25) is 0 Å². The summed E-state index contributed by atoms with van der Waals surface area (Å²) < 4.78 is 2.43. The minimum atomic E-state index is -0.944. The summed E-state index contributed by atoms with van der Waals surface area (Å²) in [5.41, 5.74) is 0.964. The van der Waals surface area contributed by atoms with Gasteiger partial charge in [-0.25, -0.2) is 4.68 Å². The number of nitrogens with zero attached hydrogens (tertiary/aromatic N) is 4. The van der Waals surface area contributed by atoms with Crippen LogP contribution in [0.3, 0.4) is 0 Å². The Morgan fingerprint density at radius 1 is 1.45 bits per heavy atom. The van der Waals surface area contributed by atoms with Gasteiger partial charge >= 0.3 is 5.97 Å². The highest BCUT2D eigenvalue weighted by Crippen LogP contribution is 2.30. The van der Waals surface area contributed by atoms with Crippen molar-refractivity contribution in [3.05, 3.63) is 28.2 Å². The Hall–Kier alpha value is -1.76. The summed E-state index contributed by atoms with van der Waals surface area (Å²) in [5.74, 6) is -0.336. The molecule has 6 nitrogen and oxygen atoms in total. The first-order chi connectivity index (χ1) is 9.33. The molecule has 2 rings (SSSR count). The number of aliphatic carboxylic acids is 1. The van der Waals surface area contributed by atoms with Crippen molar-refractivity contribution < 1.29 is 9.90 Å². The Labute approximate surface area is 124 Å². The van der Waals surface area contributed by atoms with E-state index in [4.69, 9.17) is 0 Å². The second-order valence-corrected chi connectivity index (χ2v) is 6.08. The number of carboxylic acid groups (broad SMARTS) is 1. The van der Waals surface area contributed by atoms with Crippen molar-refractivity contribution >= 4 is 21.9 Å². The fourth-order valence-corrected chi connectivity index (χ4v) is 2.21. The smallest absolute Gasteiger partial charge is 0.310 e. The van der Waals surface area contributed by atoms with Gasteiger partial charge in [-0.2, -0.15) is 0 Å². The molecule has 0 aliphatic carbocycles. The maximum Gasteiger partial charge on any atom is 0.310 e. The molecule has 2 aromatic rings. The molecule has 0 aliphatic heterocycles. The predicted octanol–water partition coefficient (Wildman–Crippen LogP) is 2.52. The number of tetrazole rings is 1. The van der Waals surface area contributed by atoms with Crippen molar-refractivity contribution in [2.75, 3.05) is 0 Å². The van der Waals surface area contributed by atoms with Crippen LogP contribution >= 0.6 is 15.9 Å². The van der Waals surface area contributed by atoms with E-state index in [1.54, 1.807) is 13.8 Å². The van der Waals surface area contributed by atoms with E-state index in [0.29, 0.717) is 5.82 Å². The number of aryl methyl sites for hydroxylation is 1. The van der Waals surface area contributed by atoms with Gasteiger partial charge in [0, 0.05) is 10.0 Å². The number of rotatable bonds is 4. The van der Waals surface area contributed by atoms with Crippen LogP contribution in [0.15, 0.2) is 22.7 Å². The summed E-state index contributed by atoms with van der Waals surface area (Å²) >= 11 is 3.52. The molecule has 0 spiro atoms. The van der Waals surface area contributed by atoms with E-state index in [0.717, 1.165) is 15.6 Å². The third-order valence-corrected chi connectivity index (χ3v) is 4.14. The molecule has 0 bridgehead atoms. The molecule has 0 fully saturated rings. The second-order valence-electron chi connectivity index (χ2n) is 5.29. The van der Waals surface area contributed by atoms with E-state index in [-0.39, 0.29) is 6.54 Å². The minimum Gasteiger partial charge on any atom is -0.481 e. The van der Waals surface area contributed by atoms with Gasteiger partial charge in [0.1, 0.15) is 0 Å². The first-order valence-electron chi connectivity index (χ1n) is 6.08. The number of hydrogen-bond acceptors (Lipinski definition) is 4. The monoisotopic (exact) mass is 338 g/mol. The highest BCUT2D eigenvalue weighted by Gasteiger charge is 2.30. The number of carboxylic acids is 1. The highest BCUT2D eigenvalue weighted by atomic mass is 79.9. The number of carbonyl (C=O) groups is 1. The van der Waals surface area contributed by atoms with Crippen LogP contribution in [-0.4, -0.2) is 31.3 Å². The number of benzene rings is 1.